The van der Waals surface area contributed by atoms with Gasteiger partial charge in [-0.2, -0.15) is 0 Å². The molecule has 1 aromatic heterocycles. The Hall–Kier alpha value is -2.70. The SMILES string of the molecule is Cn1c(C(NC(=O)C2CNCCO2)c2ccccc2)nc2ccccc21. The molecule has 26 heavy (non-hydrogen) atoms. The molecule has 1 saturated heterocycles. The lowest BCUT2D eigenvalue weighted by Crippen LogP contribution is -2.49. The molecule has 2 atom stereocenters. The summed E-state index contributed by atoms with van der Waals surface area (Å²) in [5.74, 6) is 0.674. The van der Waals surface area contributed by atoms with Crippen molar-refractivity contribution in [3.8, 4) is 0 Å². The molecule has 4 rings (SSSR count). The molecular formula is C20H22N4O2. The lowest BCUT2D eigenvalue weighted by atomic mass is 10.1. The predicted molar refractivity (Wildman–Crippen MR) is 99.8 cm³/mol. The maximum Gasteiger partial charge on any atom is 0.251 e. The number of rotatable bonds is 4. The minimum absolute atomic E-state index is 0.127. The summed E-state index contributed by atoms with van der Waals surface area (Å²) in [6.07, 6.45) is -0.482. The van der Waals surface area contributed by atoms with E-state index in [1.165, 1.54) is 0 Å². The number of fused-ring (bicyclic) bond motifs is 1. The Morgan fingerprint density at radius 1 is 1.23 bits per heavy atom. The number of aromatic nitrogens is 2. The molecular weight excluding hydrogens is 328 g/mol. The van der Waals surface area contributed by atoms with Gasteiger partial charge in [0.15, 0.2) is 0 Å². The zero-order chi connectivity index (χ0) is 17.9. The molecule has 1 aliphatic rings. The predicted octanol–water partition coefficient (Wildman–Crippen LogP) is 1.77. The van der Waals surface area contributed by atoms with Crippen LogP contribution in [0.4, 0.5) is 0 Å². The monoisotopic (exact) mass is 350 g/mol. The zero-order valence-corrected chi connectivity index (χ0v) is 14.7. The molecule has 1 amide bonds. The van der Waals surface area contributed by atoms with Gasteiger partial charge in [-0.05, 0) is 17.7 Å². The van der Waals surface area contributed by atoms with E-state index >= 15 is 0 Å². The lowest BCUT2D eigenvalue weighted by Gasteiger charge is -2.26. The number of aryl methyl sites for hydroxylation is 1. The number of hydrogen-bond donors (Lipinski definition) is 2. The number of imidazole rings is 1. The highest BCUT2D eigenvalue weighted by atomic mass is 16.5. The second kappa shape index (κ2) is 7.27. The van der Waals surface area contributed by atoms with Gasteiger partial charge in [0.1, 0.15) is 18.0 Å². The first kappa shape index (κ1) is 16.8. The average molecular weight is 350 g/mol. The average Bonchev–Trinajstić information content (AvgIpc) is 3.04. The Morgan fingerprint density at radius 3 is 2.73 bits per heavy atom. The van der Waals surface area contributed by atoms with Gasteiger partial charge in [0, 0.05) is 20.1 Å². The molecule has 2 heterocycles. The third kappa shape index (κ3) is 3.21. The molecule has 0 saturated carbocycles. The molecule has 2 N–H and O–H groups in total. The van der Waals surface area contributed by atoms with Gasteiger partial charge in [-0.1, -0.05) is 42.5 Å². The van der Waals surface area contributed by atoms with E-state index in [2.05, 4.69) is 10.6 Å². The first-order chi connectivity index (χ1) is 12.7. The number of carbonyl (C=O) groups is 1. The molecule has 134 valence electrons. The van der Waals surface area contributed by atoms with Gasteiger partial charge in [-0.15, -0.1) is 0 Å². The van der Waals surface area contributed by atoms with Crippen molar-refractivity contribution in [1.82, 2.24) is 20.2 Å². The summed E-state index contributed by atoms with van der Waals surface area (Å²) in [5, 5.41) is 6.33. The summed E-state index contributed by atoms with van der Waals surface area (Å²) in [6, 6.07) is 17.5. The number of ether oxygens (including phenoxy) is 1. The van der Waals surface area contributed by atoms with Gasteiger partial charge in [0.05, 0.1) is 17.6 Å². The summed E-state index contributed by atoms with van der Waals surface area (Å²) in [5.41, 5.74) is 2.94. The van der Waals surface area contributed by atoms with E-state index in [9.17, 15) is 4.79 Å². The molecule has 0 spiro atoms. The third-order valence-corrected chi connectivity index (χ3v) is 4.72. The molecule has 0 radical (unpaired) electrons. The molecule has 2 aromatic carbocycles. The number of nitrogens with one attached hydrogen (secondary N) is 2. The molecule has 6 nitrogen and oxygen atoms in total. The molecule has 0 bridgehead atoms. The van der Waals surface area contributed by atoms with Gasteiger partial charge in [0.25, 0.3) is 5.91 Å². The van der Waals surface area contributed by atoms with E-state index in [0.29, 0.717) is 13.2 Å². The summed E-state index contributed by atoms with van der Waals surface area (Å²) < 4.78 is 7.63. The first-order valence-corrected chi connectivity index (χ1v) is 8.83. The summed E-state index contributed by atoms with van der Waals surface area (Å²) in [7, 11) is 1.98. The van der Waals surface area contributed by atoms with Gasteiger partial charge in [-0.25, -0.2) is 4.98 Å². The van der Waals surface area contributed by atoms with Crippen LogP contribution in [0.5, 0.6) is 0 Å². The molecule has 1 aliphatic heterocycles. The van der Waals surface area contributed by atoms with Crippen molar-refractivity contribution < 1.29 is 9.53 Å². The van der Waals surface area contributed by atoms with E-state index in [4.69, 9.17) is 9.72 Å². The van der Waals surface area contributed by atoms with Crippen LogP contribution in [-0.4, -0.2) is 41.3 Å². The quantitative estimate of drug-likeness (QED) is 0.752. The molecule has 6 heteroatoms. The normalized spacial score (nSPS) is 18.6. The van der Waals surface area contributed by atoms with Gasteiger partial charge in [0.2, 0.25) is 0 Å². The second-order valence-electron chi connectivity index (χ2n) is 6.43. The second-order valence-corrected chi connectivity index (χ2v) is 6.43. The van der Waals surface area contributed by atoms with Crippen molar-refractivity contribution in [1.29, 1.82) is 0 Å². The van der Waals surface area contributed by atoms with Crippen LogP contribution in [0.2, 0.25) is 0 Å². The fourth-order valence-corrected chi connectivity index (χ4v) is 3.33. The Labute approximate surface area is 152 Å². The Balaban J connectivity index is 1.71. The van der Waals surface area contributed by atoms with Crippen LogP contribution in [-0.2, 0) is 16.6 Å². The third-order valence-electron chi connectivity index (χ3n) is 4.72. The van der Waals surface area contributed by atoms with Gasteiger partial charge >= 0.3 is 0 Å². The fourth-order valence-electron chi connectivity index (χ4n) is 3.33. The van der Waals surface area contributed by atoms with E-state index < -0.39 is 6.10 Å². The molecule has 0 aliphatic carbocycles. The van der Waals surface area contributed by atoms with Crippen molar-refractivity contribution in [3.63, 3.8) is 0 Å². The summed E-state index contributed by atoms with van der Waals surface area (Å²) in [6.45, 7) is 1.84. The van der Waals surface area contributed by atoms with Crippen molar-refractivity contribution >= 4 is 16.9 Å². The van der Waals surface area contributed by atoms with Crippen LogP contribution in [0.1, 0.15) is 17.4 Å². The number of carbonyl (C=O) groups excluding carboxylic acids is 1. The Kier molecular flexibility index (Phi) is 4.69. The highest BCUT2D eigenvalue weighted by Gasteiger charge is 2.28. The summed E-state index contributed by atoms with van der Waals surface area (Å²) in [4.78, 5) is 17.5. The van der Waals surface area contributed by atoms with Gasteiger partial charge in [-0.3, -0.25) is 4.79 Å². The van der Waals surface area contributed by atoms with Crippen LogP contribution in [0.25, 0.3) is 11.0 Å². The van der Waals surface area contributed by atoms with Crippen molar-refractivity contribution in [3.05, 3.63) is 66.0 Å². The van der Waals surface area contributed by atoms with Gasteiger partial charge < -0.3 is 19.9 Å². The number of benzene rings is 2. The Morgan fingerprint density at radius 2 is 2.00 bits per heavy atom. The van der Waals surface area contributed by atoms with Crippen LogP contribution >= 0.6 is 0 Å². The molecule has 2 unspecified atom stereocenters. The van der Waals surface area contributed by atoms with Crippen molar-refractivity contribution in [2.24, 2.45) is 7.05 Å². The number of para-hydroxylation sites is 2. The summed E-state index contributed by atoms with van der Waals surface area (Å²) >= 11 is 0. The van der Waals surface area contributed by atoms with E-state index in [1.807, 2.05) is 66.2 Å². The Bertz CT molecular complexity index is 901. The van der Waals surface area contributed by atoms with E-state index in [0.717, 1.165) is 29.0 Å². The van der Waals surface area contributed by atoms with Crippen LogP contribution < -0.4 is 10.6 Å². The fraction of sp³-hybridized carbons (Fsp3) is 0.300. The number of hydrogen-bond acceptors (Lipinski definition) is 4. The van der Waals surface area contributed by atoms with Crippen LogP contribution in [0.15, 0.2) is 54.6 Å². The molecule has 3 aromatic rings. The standard InChI is InChI=1S/C20H22N4O2/c1-24-16-10-6-5-9-15(16)22-19(24)18(14-7-3-2-4-8-14)23-20(25)17-13-21-11-12-26-17/h2-10,17-18,21H,11-13H2,1H3,(H,23,25). The first-order valence-electron chi connectivity index (χ1n) is 8.83. The smallest absolute Gasteiger partial charge is 0.251 e. The highest BCUT2D eigenvalue weighted by Crippen LogP contribution is 2.25. The number of morpholine rings is 1. The van der Waals surface area contributed by atoms with Crippen molar-refractivity contribution in [2.75, 3.05) is 19.7 Å². The topological polar surface area (TPSA) is 68.2 Å². The maximum absolute atomic E-state index is 12.8. The largest absolute Gasteiger partial charge is 0.366 e. The van der Waals surface area contributed by atoms with E-state index in [-0.39, 0.29) is 11.9 Å². The number of amides is 1. The minimum Gasteiger partial charge on any atom is -0.366 e. The lowest BCUT2D eigenvalue weighted by molar-refractivity contribution is -0.134. The minimum atomic E-state index is -0.482. The zero-order valence-electron chi connectivity index (χ0n) is 14.7. The maximum atomic E-state index is 12.8. The van der Waals surface area contributed by atoms with Crippen LogP contribution in [0.3, 0.4) is 0 Å². The number of nitrogens with zero attached hydrogens (tertiary/aromatic N) is 2. The molecule has 1 fully saturated rings. The van der Waals surface area contributed by atoms with Crippen molar-refractivity contribution in [2.45, 2.75) is 12.1 Å². The highest BCUT2D eigenvalue weighted by molar-refractivity contribution is 5.82. The van der Waals surface area contributed by atoms with Crippen LogP contribution in [0, 0.1) is 0 Å². The van der Waals surface area contributed by atoms with E-state index in [1.54, 1.807) is 0 Å².